The number of nitrogens with zero attached hydrogens (tertiary/aromatic N) is 1. The molecule has 2 aliphatic heterocycles. The first-order valence-corrected chi connectivity index (χ1v) is 15.3. The van der Waals surface area contributed by atoms with Gasteiger partial charge < -0.3 is 30.7 Å². The van der Waals surface area contributed by atoms with Gasteiger partial charge in [-0.1, -0.05) is 13.8 Å². The summed E-state index contributed by atoms with van der Waals surface area (Å²) in [6.45, 7) is 7.59. The summed E-state index contributed by atoms with van der Waals surface area (Å²) in [6, 6.07) is 0.0219. The van der Waals surface area contributed by atoms with Crippen LogP contribution in [0.4, 0.5) is 4.79 Å². The van der Waals surface area contributed by atoms with E-state index < -0.39 is 17.1 Å². The molecule has 0 unspecified atom stereocenters. The number of hydrogen-bond acceptors (Lipinski definition) is 7. The van der Waals surface area contributed by atoms with Crippen LogP contribution in [-0.4, -0.2) is 88.9 Å². The Morgan fingerprint density at radius 1 is 1.10 bits per heavy atom. The first-order chi connectivity index (χ1) is 18.5. The van der Waals surface area contributed by atoms with Crippen molar-refractivity contribution >= 4 is 12.0 Å². The number of hydrogen-bond donors (Lipinski definition) is 5. The predicted octanol–water partition coefficient (Wildman–Crippen LogP) is 1.95. The van der Waals surface area contributed by atoms with Gasteiger partial charge in [-0.05, 0) is 92.4 Å². The van der Waals surface area contributed by atoms with Crippen LogP contribution < -0.4 is 10.6 Å². The number of cyclic esters (lactones) is 1. The molecule has 4 aliphatic carbocycles. The predicted molar refractivity (Wildman–Crippen MR) is 144 cm³/mol. The maximum absolute atomic E-state index is 12.6. The molecule has 5 N–H and O–H groups in total. The number of carbonyl (C=O) groups is 2. The summed E-state index contributed by atoms with van der Waals surface area (Å²) in [5.74, 6) is 0.469. The minimum absolute atomic E-state index is 0.0238. The second kappa shape index (κ2) is 10.00. The van der Waals surface area contributed by atoms with Crippen molar-refractivity contribution < 1.29 is 29.6 Å². The number of urea groups is 1. The zero-order chi connectivity index (χ0) is 27.6. The molecule has 0 bridgehead atoms. The van der Waals surface area contributed by atoms with Crippen molar-refractivity contribution in [3.05, 3.63) is 11.6 Å². The molecule has 5 fully saturated rings. The number of amides is 2. The molecule has 0 spiro atoms. The molecular weight excluding hydrogens is 498 g/mol. The fraction of sp³-hybridized carbons (Fsp3) is 0.867. The van der Waals surface area contributed by atoms with E-state index >= 15 is 0 Å². The summed E-state index contributed by atoms with van der Waals surface area (Å²) in [4.78, 5) is 26.6. The van der Waals surface area contributed by atoms with Gasteiger partial charge in [-0.3, -0.25) is 4.90 Å². The van der Waals surface area contributed by atoms with E-state index in [2.05, 4.69) is 29.4 Å². The SMILES string of the molecule is C[C@@]12CC[C@@H](NC(=O)NCCN3CC[C@H](O)C3)C[C@H]1CC[C@@H]1[C@H]2C[C@@H](O)[C@@]2(C)[C@@H](C3=CC(=O)OC3)CC[C@@]12O. The molecule has 2 amide bonds. The molecule has 6 rings (SSSR count). The molecule has 4 saturated carbocycles. The maximum Gasteiger partial charge on any atom is 0.331 e. The van der Waals surface area contributed by atoms with Crippen LogP contribution >= 0.6 is 0 Å². The van der Waals surface area contributed by atoms with Gasteiger partial charge in [0.25, 0.3) is 0 Å². The smallest absolute Gasteiger partial charge is 0.331 e. The molecule has 218 valence electrons. The van der Waals surface area contributed by atoms with Crippen LogP contribution in [0.2, 0.25) is 0 Å². The number of β-amino-alcohol motifs (C(OH)–C–C–N with tert-alkyl or cyclic N) is 1. The average Bonchev–Trinajstić information content (AvgIpc) is 3.58. The van der Waals surface area contributed by atoms with Crippen molar-refractivity contribution in [3.63, 3.8) is 0 Å². The lowest BCUT2D eigenvalue weighted by Crippen LogP contribution is -2.67. The molecule has 6 aliphatic rings. The number of ether oxygens (including phenoxy) is 1. The van der Waals surface area contributed by atoms with Crippen LogP contribution in [0.15, 0.2) is 11.6 Å². The van der Waals surface area contributed by atoms with Crippen molar-refractivity contribution in [2.75, 3.05) is 32.8 Å². The quantitative estimate of drug-likeness (QED) is 0.334. The van der Waals surface area contributed by atoms with Gasteiger partial charge in [-0.15, -0.1) is 0 Å². The molecule has 0 aromatic heterocycles. The Morgan fingerprint density at radius 3 is 2.64 bits per heavy atom. The van der Waals surface area contributed by atoms with Gasteiger partial charge in [-0.2, -0.15) is 0 Å². The monoisotopic (exact) mass is 545 g/mol. The molecule has 0 radical (unpaired) electrons. The molecule has 9 nitrogen and oxygen atoms in total. The summed E-state index contributed by atoms with van der Waals surface area (Å²) < 4.78 is 5.21. The Kier molecular flexibility index (Phi) is 7.05. The lowest BCUT2D eigenvalue weighted by molar-refractivity contribution is -0.242. The van der Waals surface area contributed by atoms with Crippen molar-refractivity contribution in [1.82, 2.24) is 15.5 Å². The van der Waals surface area contributed by atoms with E-state index in [1.165, 1.54) is 0 Å². The van der Waals surface area contributed by atoms with Crippen LogP contribution in [0.25, 0.3) is 0 Å². The van der Waals surface area contributed by atoms with E-state index in [9.17, 15) is 24.9 Å². The van der Waals surface area contributed by atoms with Gasteiger partial charge in [0.15, 0.2) is 0 Å². The Balaban J connectivity index is 1.09. The van der Waals surface area contributed by atoms with Crippen LogP contribution in [0.5, 0.6) is 0 Å². The third-order valence-corrected chi connectivity index (χ3v) is 12.4. The first-order valence-electron chi connectivity index (χ1n) is 15.3. The molecule has 39 heavy (non-hydrogen) atoms. The second-order valence-corrected chi connectivity index (χ2v) is 14.0. The minimum Gasteiger partial charge on any atom is -0.458 e. The Morgan fingerprint density at radius 2 is 1.92 bits per heavy atom. The van der Waals surface area contributed by atoms with E-state index in [4.69, 9.17) is 4.74 Å². The molecule has 0 aromatic carbocycles. The lowest BCUT2D eigenvalue weighted by atomic mass is 9.42. The van der Waals surface area contributed by atoms with Gasteiger partial charge in [0.2, 0.25) is 0 Å². The zero-order valence-corrected chi connectivity index (χ0v) is 23.5. The van der Waals surface area contributed by atoms with E-state index in [1.807, 2.05) is 0 Å². The lowest BCUT2D eigenvalue weighted by Gasteiger charge is -2.65. The van der Waals surface area contributed by atoms with E-state index in [0.717, 1.165) is 63.6 Å². The van der Waals surface area contributed by atoms with Gasteiger partial charge in [0.05, 0.1) is 17.8 Å². The van der Waals surface area contributed by atoms with Crippen molar-refractivity contribution in [3.8, 4) is 0 Å². The number of fused-ring (bicyclic) bond motifs is 5. The van der Waals surface area contributed by atoms with Gasteiger partial charge in [0.1, 0.15) is 6.61 Å². The number of esters is 1. The Bertz CT molecular complexity index is 1020. The average molecular weight is 546 g/mol. The summed E-state index contributed by atoms with van der Waals surface area (Å²) >= 11 is 0. The highest BCUT2D eigenvalue weighted by atomic mass is 16.5. The van der Waals surface area contributed by atoms with Crippen molar-refractivity contribution in [1.29, 1.82) is 0 Å². The maximum atomic E-state index is 12.6. The minimum atomic E-state index is -0.958. The summed E-state index contributed by atoms with van der Waals surface area (Å²) in [5, 5.41) is 40.0. The molecular formula is C30H47N3O6. The topological polar surface area (TPSA) is 131 Å². The molecule has 0 aromatic rings. The highest BCUT2D eigenvalue weighted by molar-refractivity contribution is 5.85. The van der Waals surface area contributed by atoms with Gasteiger partial charge in [0, 0.05) is 43.7 Å². The largest absolute Gasteiger partial charge is 0.458 e. The van der Waals surface area contributed by atoms with Gasteiger partial charge >= 0.3 is 12.0 Å². The van der Waals surface area contributed by atoms with Gasteiger partial charge in [-0.25, -0.2) is 9.59 Å². The molecule has 10 atom stereocenters. The highest BCUT2D eigenvalue weighted by Gasteiger charge is 2.70. The van der Waals surface area contributed by atoms with Crippen LogP contribution in [0.3, 0.4) is 0 Å². The number of carbonyl (C=O) groups excluding carboxylic acids is 2. The first kappa shape index (κ1) is 27.5. The molecule has 2 heterocycles. The number of aliphatic hydroxyl groups is 3. The van der Waals surface area contributed by atoms with E-state index in [0.29, 0.717) is 31.8 Å². The van der Waals surface area contributed by atoms with Crippen LogP contribution in [-0.2, 0) is 9.53 Å². The summed E-state index contributed by atoms with van der Waals surface area (Å²) in [7, 11) is 0. The molecule has 1 saturated heterocycles. The Labute approximate surface area is 231 Å². The number of likely N-dealkylation sites (tertiary alicyclic amines) is 1. The normalized spacial score (nSPS) is 47.6. The number of rotatable bonds is 5. The number of aliphatic hydroxyl groups excluding tert-OH is 2. The highest BCUT2D eigenvalue weighted by Crippen LogP contribution is 2.69. The van der Waals surface area contributed by atoms with E-state index in [-0.39, 0.29) is 53.9 Å². The fourth-order valence-corrected chi connectivity index (χ4v) is 10.1. The third-order valence-electron chi connectivity index (χ3n) is 12.4. The fourth-order valence-electron chi connectivity index (χ4n) is 10.1. The van der Waals surface area contributed by atoms with Crippen LogP contribution in [0.1, 0.15) is 71.6 Å². The van der Waals surface area contributed by atoms with Crippen molar-refractivity contribution in [2.24, 2.45) is 34.5 Å². The van der Waals surface area contributed by atoms with E-state index in [1.54, 1.807) is 6.08 Å². The van der Waals surface area contributed by atoms with Crippen LogP contribution in [0, 0.1) is 34.5 Å². The number of nitrogens with one attached hydrogen (secondary N) is 2. The summed E-state index contributed by atoms with van der Waals surface area (Å²) in [6.07, 6.45) is 8.39. The zero-order valence-electron chi connectivity index (χ0n) is 23.5. The molecule has 9 heteroatoms. The second-order valence-electron chi connectivity index (χ2n) is 14.0. The Hall–Kier alpha value is -1.68. The summed E-state index contributed by atoms with van der Waals surface area (Å²) in [5.41, 5.74) is -0.684. The third kappa shape index (κ3) is 4.43. The van der Waals surface area contributed by atoms with Crippen molar-refractivity contribution in [2.45, 2.75) is 95.5 Å². The standard InChI is InChI=1S/C30H47N3O6/c1-28-8-5-20(32-27(37)31-10-12-33-11-7-21(34)16-33)14-19(28)3-4-23-24(28)15-25(35)29(2)22(6-9-30(23,29)38)18-13-26(36)39-17-18/h13,19-25,34-35,38H,3-12,14-17H2,1-2H3,(H2,31,32,37)/t19-,20-,21+,22-,23-,24-,25-,28-,29-,30-/m1/s1.